The molecule has 0 amide bonds. The molecule has 2 aromatic rings. The number of pyridine rings is 1. The molecule has 2 aromatic heterocycles. The Bertz CT molecular complexity index is 767. The molecule has 1 saturated heterocycles. The highest BCUT2D eigenvalue weighted by atomic mass is 127. The molecule has 3 N–H and O–H groups in total. The van der Waals surface area contributed by atoms with Gasteiger partial charge in [0.15, 0.2) is 0 Å². The summed E-state index contributed by atoms with van der Waals surface area (Å²) in [6, 6.07) is 4.24. The Morgan fingerprint density at radius 2 is 2.46 bits per heavy atom. The minimum absolute atomic E-state index is 0.240. The first-order valence-corrected chi connectivity index (χ1v) is 12.2. The molecule has 128 valence electrons. The van der Waals surface area contributed by atoms with E-state index in [9.17, 15) is 0 Å². The van der Waals surface area contributed by atoms with Crippen molar-refractivity contribution in [2.45, 2.75) is 32.4 Å². The number of halogens is 1. The van der Waals surface area contributed by atoms with Crippen LogP contribution < -0.4 is 10.4 Å². The summed E-state index contributed by atoms with van der Waals surface area (Å²) in [5.41, 5.74) is 3.09. The third-order valence-electron chi connectivity index (χ3n) is 4.50. The second kappa shape index (κ2) is 7.50. The van der Waals surface area contributed by atoms with Crippen LogP contribution in [-0.4, -0.2) is 27.8 Å². The van der Waals surface area contributed by atoms with Crippen LogP contribution in [0, 0.1) is 11.3 Å². The van der Waals surface area contributed by atoms with E-state index in [-0.39, 0.29) is 5.54 Å². The summed E-state index contributed by atoms with van der Waals surface area (Å²) < 4.78 is 2.26. The molecule has 3 heterocycles. The molecule has 24 heavy (non-hydrogen) atoms. The van der Waals surface area contributed by atoms with Crippen molar-refractivity contribution in [3.63, 3.8) is 0 Å². The summed E-state index contributed by atoms with van der Waals surface area (Å²) >= 11 is 2.27. The summed E-state index contributed by atoms with van der Waals surface area (Å²) in [6.07, 6.45) is 9.03. The maximum atomic E-state index is 7.60. The van der Waals surface area contributed by atoms with Gasteiger partial charge in [-0.3, -0.25) is 0 Å². The van der Waals surface area contributed by atoms with E-state index in [1.165, 1.54) is 12.6 Å². The SMILES string of the molecule is CC1(C)CC(Cn2ccc3cc(/C(C=N)=C/NPI)cnc32)CN1. The van der Waals surface area contributed by atoms with Gasteiger partial charge in [-0.05, 0) is 60.4 Å². The van der Waals surface area contributed by atoms with Crippen molar-refractivity contribution < 1.29 is 0 Å². The Balaban J connectivity index is 1.82. The van der Waals surface area contributed by atoms with Crippen LogP contribution in [0.15, 0.2) is 30.7 Å². The van der Waals surface area contributed by atoms with E-state index >= 15 is 0 Å². The Labute approximate surface area is 157 Å². The molecule has 2 unspecified atom stereocenters. The van der Waals surface area contributed by atoms with Crippen LogP contribution in [-0.2, 0) is 6.54 Å². The van der Waals surface area contributed by atoms with Crippen LogP contribution in [0.4, 0.5) is 0 Å². The van der Waals surface area contributed by atoms with Crippen molar-refractivity contribution in [1.29, 1.82) is 5.41 Å². The lowest BCUT2D eigenvalue weighted by Gasteiger charge is -2.17. The number of rotatable bonds is 6. The molecule has 0 aliphatic carbocycles. The molecule has 5 nitrogen and oxygen atoms in total. The van der Waals surface area contributed by atoms with Gasteiger partial charge in [0.25, 0.3) is 0 Å². The largest absolute Gasteiger partial charge is 0.364 e. The fourth-order valence-corrected chi connectivity index (χ4v) is 4.07. The Morgan fingerprint density at radius 3 is 3.12 bits per heavy atom. The van der Waals surface area contributed by atoms with Crippen LogP contribution in [0.25, 0.3) is 16.6 Å². The summed E-state index contributed by atoms with van der Waals surface area (Å²) in [6.45, 7) is 6.59. The number of allylic oxidation sites excluding steroid dienone is 1. The zero-order valence-corrected chi connectivity index (χ0v) is 17.1. The monoisotopic (exact) mass is 455 g/mol. The van der Waals surface area contributed by atoms with Gasteiger partial charge < -0.3 is 20.4 Å². The van der Waals surface area contributed by atoms with Gasteiger partial charge in [0.1, 0.15) is 5.65 Å². The number of fused-ring (bicyclic) bond motifs is 1. The second-order valence-corrected chi connectivity index (χ2v) is 9.02. The number of hydrogen-bond donors (Lipinski definition) is 3. The maximum Gasteiger partial charge on any atom is 0.139 e. The molecule has 1 aliphatic rings. The highest BCUT2D eigenvalue weighted by Gasteiger charge is 2.30. The summed E-state index contributed by atoms with van der Waals surface area (Å²) in [7, 11) is 0. The molecule has 0 aromatic carbocycles. The van der Waals surface area contributed by atoms with Crippen molar-refractivity contribution in [2.75, 3.05) is 6.54 Å². The van der Waals surface area contributed by atoms with Crippen molar-refractivity contribution in [3.05, 3.63) is 36.3 Å². The third kappa shape index (κ3) is 3.98. The predicted molar refractivity (Wildman–Crippen MR) is 112 cm³/mol. The standard InChI is InChI=1S/C17H23IN5P/c1-17(2)6-12(8-21-17)11-23-4-3-13-5-14(9-20-16(13)23)15(7-19)10-22-24-18/h3-5,7,9-10,12,19,21-22,24H,6,8,11H2,1-2H3/b15-10+,19-7?. The first-order chi connectivity index (χ1) is 11.5. The molecule has 0 radical (unpaired) electrons. The fourth-order valence-electron chi connectivity index (χ4n) is 3.39. The molecule has 1 aliphatic heterocycles. The zero-order valence-electron chi connectivity index (χ0n) is 13.9. The number of nitrogens with one attached hydrogen (secondary N) is 3. The van der Waals surface area contributed by atoms with Crippen molar-refractivity contribution >= 4 is 51.2 Å². The van der Waals surface area contributed by atoms with Crippen molar-refractivity contribution in [1.82, 2.24) is 20.0 Å². The van der Waals surface area contributed by atoms with E-state index in [2.05, 4.69) is 74.2 Å². The van der Waals surface area contributed by atoms with Gasteiger partial charge in [0, 0.05) is 66.3 Å². The van der Waals surface area contributed by atoms with Crippen LogP contribution in [0.2, 0.25) is 0 Å². The van der Waals surface area contributed by atoms with Crippen LogP contribution >= 0.6 is 28.4 Å². The van der Waals surface area contributed by atoms with Crippen LogP contribution in [0.1, 0.15) is 25.8 Å². The first-order valence-electron chi connectivity index (χ1n) is 8.04. The number of aromatic nitrogens is 2. The number of hydrogen-bond acceptors (Lipinski definition) is 4. The highest BCUT2D eigenvalue weighted by molar-refractivity contribution is 14.2. The van der Waals surface area contributed by atoms with Crippen LogP contribution in [0.5, 0.6) is 0 Å². The molecular weight excluding hydrogens is 432 g/mol. The van der Waals surface area contributed by atoms with Gasteiger partial charge in [0.05, 0.1) is 0 Å². The summed E-state index contributed by atoms with van der Waals surface area (Å²) in [5, 5.41) is 15.5. The lowest BCUT2D eigenvalue weighted by molar-refractivity contribution is 0.421. The Hall–Kier alpha value is -0.980. The van der Waals surface area contributed by atoms with Gasteiger partial charge in [-0.25, -0.2) is 4.98 Å². The van der Waals surface area contributed by atoms with E-state index in [1.54, 1.807) is 0 Å². The second-order valence-electron chi connectivity index (χ2n) is 6.92. The molecule has 2 atom stereocenters. The van der Waals surface area contributed by atoms with E-state index in [4.69, 9.17) is 5.41 Å². The Morgan fingerprint density at radius 1 is 1.62 bits per heavy atom. The van der Waals surface area contributed by atoms with Gasteiger partial charge in [-0.2, -0.15) is 0 Å². The predicted octanol–water partition coefficient (Wildman–Crippen LogP) is 3.95. The third-order valence-corrected chi connectivity index (χ3v) is 5.68. The molecule has 0 spiro atoms. The average Bonchev–Trinajstić information content (AvgIpc) is 3.11. The van der Waals surface area contributed by atoms with Crippen molar-refractivity contribution in [2.24, 2.45) is 5.92 Å². The normalized spacial score (nSPS) is 21.0. The molecule has 0 saturated carbocycles. The molecular formula is C17H23IN5P. The van der Waals surface area contributed by atoms with Crippen LogP contribution in [0.3, 0.4) is 0 Å². The lowest BCUT2D eigenvalue weighted by atomic mass is 9.97. The fraction of sp³-hybridized carbons (Fsp3) is 0.412. The van der Waals surface area contributed by atoms with Gasteiger partial charge >= 0.3 is 0 Å². The topological polar surface area (TPSA) is 65.7 Å². The molecule has 7 heteroatoms. The van der Waals surface area contributed by atoms with E-state index in [0.717, 1.165) is 35.3 Å². The number of nitrogens with zero attached hydrogens (tertiary/aromatic N) is 2. The molecule has 0 bridgehead atoms. The highest BCUT2D eigenvalue weighted by Crippen LogP contribution is 2.26. The first kappa shape index (κ1) is 17.8. The Kier molecular flexibility index (Phi) is 5.57. The molecule has 3 rings (SSSR count). The minimum Gasteiger partial charge on any atom is -0.364 e. The average molecular weight is 455 g/mol. The summed E-state index contributed by atoms with van der Waals surface area (Å²) in [4.78, 5) is 4.67. The van der Waals surface area contributed by atoms with Gasteiger partial charge in [-0.15, -0.1) is 0 Å². The maximum absolute atomic E-state index is 7.60. The van der Waals surface area contributed by atoms with Gasteiger partial charge in [-0.1, -0.05) is 0 Å². The quantitative estimate of drug-likeness (QED) is 0.351. The smallest absolute Gasteiger partial charge is 0.139 e. The van der Waals surface area contributed by atoms with Crippen molar-refractivity contribution in [3.8, 4) is 0 Å². The molecule has 1 fully saturated rings. The van der Waals surface area contributed by atoms with E-state index in [0.29, 0.717) is 12.3 Å². The van der Waals surface area contributed by atoms with Gasteiger partial charge in [0.2, 0.25) is 0 Å². The minimum atomic E-state index is 0.240. The van der Waals surface area contributed by atoms with E-state index in [1.807, 2.05) is 12.4 Å². The summed E-state index contributed by atoms with van der Waals surface area (Å²) in [5.74, 6) is 0.642. The zero-order chi connectivity index (χ0) is 17.2. The lowest BCUT2D eigenvalue weighted by Crippen LogP contribution is -2.31. The van der Waals surface area contributed by atoms with E-state index < -0.39 is 0 Å².